The Balaban J connectivity index is 1.69. The minimum atomic E-state index is -0.606. The lowest BCUT2D eigenvalue weighted by molar-refractivity contribution is 0.1000. The van der Waals surface area contributed by atoms with Crippen molar-refractivity contribution in [1.29, 1.82) is 0 Å². The molecular formula is C15H20FN3O. The first-order valence-corrected chi connectivity index (χ1v) is 7.19. The average Bonchev–Trinajstić information content (AvgIpc) is 2.39. The van der Waals surface area contributed by atoms with Crippen LogP contribution in [0.4, 0.5) is 10.1 Å². The molecule has 1 saturated carbocycles. The number of hydrogen-bond acceptors (Lipinski definition) is 3. The van der Waals surface area contributed by atoms with Crippen molar-refractivity contribution in [1.82, 2.24) is 5.32 Å². The second kappa shape index (κ2) is 5.05. The minimum absolute atomic E-state index is 0.203. The normalized spacial score (nSPS) is 24.1. The molecule has 108 valence electrons. The Bertz CT molecular complexity index is 528. The molecule has 4 nitrogen and oxygen atoms in total. The molecule has 1 saturated heterocycles. The van der Waals surface area contributed by atoms with E-state index in [0.717, 1.165) is 19.4 Å². The summed E-state index contributed by atoms with van der Waals surface area (Å²) < 4.78 is 14.0. The molecule has 5 heteroatoms. The number of carbonyl (C=O) groups excluding carboxylic acids is 1. The van der Waals surface area contributed by atoms with Gasteiger partial charge in [-0.1, -0.05) is 0 Å². The van der Waals surface area contributed by atoms with Crippen LogP contribution in [-0.4, -0.2) is 24.0 Å². The van der Waals surface area contributed by atoms with Crippen LogP contribution in [0.5, 0.6) is 0 Å². The molecule has 1 aromatic rings. The predicted octanol–water partition coefficient (Wildman–Crippen LogP) is 2.01. The first kappa shape index (κ1) is 13.4. The van der Waals surface area contributed by atoms with Gasteiger partial charge in [-0.3, -0.25) is 4.79 Å². The van der Waals surface area contributed by atoms with Crippen molar-refractivity contribution in [3.63, 3.8) is 0 Å². The molecule has 1 aliphatic heterocycles. The summed E-state index contributed by atoms with van der Waals surface area (Å²) in [5, 5.41) is 6.86. The summed E-state index contributed by atoms with van der Waals surface area (Å²) in [6.07, 6.45) is 5.73. The summed E-state index contributed by atoms with van der Waals surface area (Å²) in [5.41, 5.74) is 6.08. The Morgan fingerprint density at radius 3 is 2.85 bits per heavy atom. The molecule has 0 bridgehead atoms. The molecule has 1 aliphatic carbocycles. The van der Waals surface area contributed by atoms with E-state index >= 15 is 0 Å². The van der Waals surface area contributed by atoms with Crippen molar-refractivity contribution in [3.05, 3.63) is 29.6 Å². The summed E-state index contributed by atoms with van der Waals surface area (Å²) in [5.74, 6) is -1.02. The lowest BCUT2D eigenvalue weighted by Crippen LogP contribution is -2.58. The van der Waals surface area contributed by atoms with Crippen molar-refractivity contribution < 1.29 is 9.18 Å². The summed E-state index contributed by atoms with van der Waals surface area (Å²) >= 11 is 0. The van der Waals surface area contributed by atoms with Crippen molar-refractivity contribution in [3.8, 4) is 0 Å². The molecule has 2 aliphatic rings. The van der Waals surface area contributed by atoms with Crippen LogP contribution in [0.1, 0.15) is 42.5 Å². The Morgan fingerprint density at radius 2 is 2.25 bits per heavy atom. The van der Waals surface area contributed by atoms with E-state index in [1.165, 1.54) is 25.3 Å². The zero-order chi connectivity index (χ0) is 14.2. The van der Waals surface area contributed by atoms with Crippen LogP contribution in [-0.2, 0) is 0 Å². The van der Waals surface area contributed by atoms with Gasteiger partial charge in [0.2, 0.25) is 5.91 Å². The fourth-order valence-corrected chi connectivity index (χ4v) is 3.27. The van der Waals surface area contributed by atoms with Gasteiger partial charge in [0.15, 0.2) is 0 Å². The van der Waals surface area contributed by atoms with Crippen molar-refractivity contribution >= 4 is 11.6 Å². The number of piperidine rings is 1. The highest BCUT2D eigenvalue weighted by Crippen LogP contribution is 2.39. The van der Waals surface area contributed by atoms with Gasteiger partial charge in [0, 0.05) is 17.1 Å². The quantitative estimate of drug-likeness (QED) is 0.791. The van der Waals surface area contributed by atoms with Gasteiger partial charge in [0.25, 0.3) is 0 Å². The predicted molar refractivity (Wildman–Crippen MR) is 76.1 cm³/mol. The number of primary amides is 1. The number of carbonyl (C=O) groups is 1. The van der Waals surface area contributed by atoms with Crippen LogP contribution < -0.4 is 16.4 Å². The monoisotopic (exact) mass is 277 g/mol. The van der Waals surface area contributed by atoms with E-state index in [0.29, 0.717) is 5.69 Å². The molecule has 1 spiro atoms. The molecule has 4 N–H and O–H groups in total. The van der Waals surface area contributed by atoms with Crippen molar-refractivity contribution in [2.75, 3.05) is 11.9 Å². The highest BCUT2D eigenvalue weighted by Gasteiger charge is 2.40. The maximum absolute atomic E-state index is 14.0. The molecular weight excluding hydrogens is 257 g/mol. The SMILES string of the molecule is NC(=O)c1ccc(NC2CCNC3(CCC3)C2)c(F)c1. The van der Waals surface area contributed by atoms with E-state index in [1.54, 1.807) is 12.1 Å². The summed E-state index contributed by atoms with van der Waals surface area (Å²) in [6, 6.07) is 4.65. The zero-order valence-corrected chi connectivity index (χ0v) is 11.4. The third-order valence-electron chi connectivity index (χ3n) is 4.55. The number of halogens is 1. The fourth-order valence-electron chi connectivity index (χ4n) is 3.27. The van der Waals surface area contributed by atoms with E-state index in [1.807, 2.05) is 0 Å². The first-order valence-electron chi connectivity index (χ1n) is 7.19. The topological polar surface area (TPSA) is 67.2 Å². The van der Waals surface area contributed by atoms with Gasteiger partial charge >= 0.3 is 0 Å². The molecule has 1 unspecified atom stereocenters. The second-order valence-electron chi connectivity index (χ2n) is 5.95. The third kappa shape index (κ3) is 2.50. The van der Waals surface area contributed by atoms with E-state index < -0.39 is 11.7 Å². The maximum Gasteiger partial charge on any atom is 0.248 e. The summed E-state index contributed by atoms with van der Waals surface area (Å²) in [7, 11) is 0. The second-order valence-corrected chi connectivity index (χ2v) is 5.95. The number of nitrogens with one attached hydrogen (secondary N) is 2. The largest absolute Gasteiger partial charge is 0.380 e. The standard InChI is InChI=1S/C15H20FN3O/c16-12-8-10(14(17)20)2-3-13(12)19-11-4-7-18-15(9-11)5-1-6-15/h2-3,8,11,18-19H,1,4-7,9H2,(H2,17,20). The van der Waals surface area contributed by atoms with Crippen LogP contribution in [0.3, 0.4) is 0 Å². The molecule has 0 aromatic heterocycles. The van der Waals surface area contributed by atoms with Gasteiger partial charge in [0.05, 0.1) is 5.69 Å². The molecule has 3 rings (SSSR count). The van der Waals surface area contributed by atoms with Gasteiger partial charge in [0.1, 0.15) is 5.82 Å². The van der Waals surface area contributed by atoms with Crippen LogP contribution in [0.15, 0.2) is 18.2 Å². The van der Waals surface area contributed by atoms with E-state index in [2.05, 4.69) is 10.6 Å². The lowest BCUT2D eigenvalue weighted by atomic mass is 9.70. The van der Waals surface area contributed by atoms with E-state index in [9.17, 15) is 9.18 Å². The molecule has 2 fully saturated rings. The highest BCUT2D eigenvalue weighted by atomic mass is 19.1. The lowest BCUT2D eigenvalue weighted by Gasteiger charge is -2.48. The van der Waals surface area contributed by atoms with Crippen molar-refractivity contribution in [2.45, 2.75) is 43.7 Å². The fraction of sp³-hybridized carbons (Fsp3) is 0.533. The molecule has 1 atom stereocenters. The number of nitrogens with two attached hydrogens (primary N) is 1. The Hall–Kier alpha value is -1.62. The van der Waals surface area contributed by atoms with E-state index in [-0.39, 0.29) is 17.1 Å². The van der Waals surface area contributed by atoms with Gasteiger partial charge in [-0.2, -0.15) is 0 Å². The molecule has 20 heavy (non-hydrogen) atoms. The number of benzene rings is 1. The number of rotatable bonds is 3. The van der Waals surface area contributed by atoms with Crippen LogP contribution in [0.2, 0.25) is 0 Å². The molecule has 1 aromatic carbocycles. The number of hydrogen-bond donors (Lipinski definition) is 3. The Labute approximate surface area is 117 Å². The van der Waals surface area contributed by atoms with Gasteiger partial charge in [-0.15, -0.1) is 0 Å². The van der Waals surface area contributed by atoms with Gasteiger partial charge in [-0.05, 0) is 56.8 Å². The summed E-state index contributed by atoms with van der Waals surface area (Å²) in [4.78, 5) is 11.0. The Kier molecular flexibility index (Phi) is 3.38. The average molecular weight is 277 g/mol. The van der Waals surface area contributed by atoms with Gasteiger partial charge in [-0.25, -0.2) is 4.39 Å². The number of amides is 1. The van der Waals surface area contributed by atoms with E-state index in [4.69, 9.17) is 5.73 Å². The minimum Gasteiger partial charge on any atom is -0.380 e. The first-order chi connectivity index (χ1) is 9.58. The number of anilines is 1. The smallest absolute Gasteiger partial charge is 0.248 e. The zero-order valence-electron chi connectivity index (χ0n) is 11.4. The van der Waals surface area contributed by atoms with Crippen molar-refractivity contribution in [2.24, 2.45) is 5.73 Å². The maximum atomic E-state index is 14.0. The third-order valence-corrected chi connectivity index (χ3v) is 4.55. The molecule has 1 heterocycles. The van der Waals surface area contributed by atoms with Crippen LogP contribution in [0, 0.1) is 5.82 Å². The Morgan fingerprint density at radius 1 is 1.45 bits per heavy atom. The van der Waals surface area contributed by atoms with Crippen LogP contribution in [0.25, 0.3) is 0 Å². The highest BCUT2D eigenvalue weighted by molar-refractivity contribution is 5.93. The van der Waals surface area contributed by atoms with Gasteiger partial charge < -0.3 is 16.4 Å². The van der Waals surface area contributed by atoms with Crippen LogP contribution >= 0.6 is 0 Å². The molecule has 0 radical (unpaired) electrons. The summed E-state index contributed by atoms with van der Waals surface area (Å²) in [6.45, 7) is 0.971. The molecule has 1 amide bonds.